The van der Waals surface area contributed by atoms with Gasteiger partial charge in [0, 0.05) is 18.8 Å². The van der Waals surface area contributed by atoms with Crippen molar-refractivity contribution in [1.82, 2.24) is 0 Å². The highest BCUT2D eigenvalue weighted by Gasteiger charge is 2.31. The topological polar surface area (TPSA) is 40.5 Å². The van der Waals surface area contributed by atoms with E-state index in [1.165, 1.54) is 6.07 Å². The second-order valence-corrected chi connectivity index (χ2v) is 6.29. The lowest BCUT2D eigenvalue weighted by molar-refractivity contribution is -0.119. The molecule has 0 aromatic heterocycles. The third-order valence-electron chi connectivity index (χ3n) is 4.85. The molecular formula is C20H22FNO2. The lowest BCUT2D eigenvalue weighted by Gasteiger charge is -2.35. The normalized spacial score (nSPS) is 18.1. The summed E-state index contributed by atoms with van der Waals surface area (Å²) in [6.07, 6.45) is 1.51. The Morgan fingerprint density at radius 1 is 1.25 bits per heavy atom. The number of benzene rings is 2. The fraction of sp³-hybridized carbons (Fsp3) is 0.350. The van der Waals surface area contributed by atoms with Crippen LogP contribution in [0.3, 0.4) is 0 Å². The van der Waals surface area contributed by atoms with Crippen LogP contribution in [0, 0.1) is 5.82 Å². The van der Waals surface area contributed by atoms with E-state index in [1.807, 2.05) is 24.3 Å². The molecule has 1 aliphatic heterocycles. The summed E-state index contributed by atoms with van der Waals surface area (Å²) < 4.78 is 14.0. The molecule has 2 aromatic rings. The number of carbonyl (C=O) groups is 1. The van der Waals surface area contributed by atoms with Crippen LogP contribution >= 0.6 is 0 Å². The first-order valence-electron chi connectivity index (χ1n) is 8.39. The average molecular weight is 327 g/mol. The molecule has 0 saturated carbocycles. The third-order valence-corrected chi connectivity index (χ3v) is 4.85. The van der Waals surface area contributed by atoms with E-state index in [0.29, 0.717) is 18.5 Å². The zero-order valence-electron chi connectivity index (χ0n) is 13.8. The van der Waals surface area contributed by atoms with Gasteiger partial charge in [-0.1, -0.05) is 36.4 Å². The number of fused-ring (bicyclic) bond motifs is 1. The smallest absolute Gasteiger partial charge is 0.234 e. The molecule has 1 N–H and O–H groups in total. The van der Waals surface area contributed by atoms with Crippen LogP contribution in [0.4, 0.5) is 10.1 Å². The molecule has 126 valence electrons. The zero-order chi connectivity index (χ0) is 17.1. The lowest BCUT2D eigenvalue weighted by atomic mass is 9.86. The largest absolute Gasteiger partial charge is 0.396 e. The fourth-order valence-corrected chi connectivity index (χ4v) is 3.52. The molecule has 3 nitrogen and oxygen atoms in total. The molecule has 2 atom stereocenters. The van der Waals surface area contributed by atoms with Crippen molar-refractivity contribution in [2.45, 2.75) is 31.6 Å². The molecule has 0 spiro atoms. The van der Waals surface area contributed by atoms with Gasteiger partial charge in [-0.15, -0.1) is 0 Å². The van der Waals surface area contributed by atoms with Crippen molar-refractivity contribution in [3.05, 3.63) is 65.5 Å². The van der Waals surface area contributed by atoms with Crippen molar-refractivity contribution in [3.63, 3.8) is 0 Å². The molecule has 0 bridgehead atoms. The summed E-state index contributed by atoms with van der Waals surface area (Å²) in [4.78, 5) is 14.8. The quantitative estimate of drug-likeness (QED) is 0.927. The Morgan fingerprint density at radius 2 is 1.96 bits per heavy atom. The average Bonchev–Trinajstić information content (AvgIpc) is 2.61. The summed E-state index contributed by atoms with van der Waals surface area (Å²) in [6, 6.07) is 14.3. The van der Waals surface area contributed by atoms with Crippen molar-refractivity contribution in [2.75, 3.05) is 18.1 Å². The van der Waals surface area contributed by atoms with Gasteiger partial charge in [-0.3, -0.25) is 4.79 Å². The van der Waals surface area contributed by atoms with Crippen LogP contribution < -0.4 is 4.90 Å². The van der Waals surface area contributed by atoms with E-state index in [1.54, 1.807) is 30.0 Å². The number of hydrogen-bond acceptors (Lipinski definition) is 2. The Balaban J connectivity index is 1.91. The monoisotopic (exact) mass is 327 g/mol. The Bertz CT molecular complexity index is 731. The van der Waals surface area contributed by atoms with E-state index in [-0.39, 0.29) is 24.2 Å². The maximum absolute atomic E-state index is 14.0. The molecule has 0 fully saturated rings. The van der Waals surface area contributed by atoms with Gasteiger partial charge in [0.05, 0.1) is 5.92 Å². The Hall–Kier alpha value is -2.20. The van der Waals surface area contributed by atoms with Crippen LogP contribution in [0.25, 0.3) is 0 Å². The number of hydrogen-bond donors (Lipinski definition) is 1. The highest BCUT2D eigenvalue weighted by Crippen LogP contribution is 2.38. The molecule has 0 aliphatic carbocycles. The van der Waals surface area contributed by atoms with Crippen molar-refractivity contribution in [2.24, 2.45) is 0 Å². The molecule has 1 amide bonds. The van der Waals surface area contributed by atoms with Crippen molar-refractivity contribution in [3.8, 4) is 0 Å². The van der Waals surface area contributed by atoms with Gasteiger partial charge in [0.2, 0.25) is 5.91 Å². The molecule has 4 heteroatoms. The number of aliphatic hydroxyl groups is 1. The van der Waals surface area contributed by atoms with Crippen molar-refractivity contribution >= 4 is 11.6 Å². The number of aliphatic hydroxyl groups excluding tert-OH is 1. The van der Waals surface area contributed by atoms with E-state index in [4.69, 9.17) is 0 Å². The number of amides is 1. The first kappa shape index (κ1) is 16.7. The Kier molecular flexibility index (Phi) is 4.95. The van der Waals surface area contributed by atoms with Crippen LogP contribution in [0.15, 0.2) is 48.5 Å². The summed E-state index contributed by atoms with van der Waals surface area (Å²) >= 11 is 0. The van der Waals surface area contributed by atoms with E-state index in [9.17, 15) is 14.3 Å². The molecule has 0 radical (unpaired) electrons. The van der Waals surface area contributed by atoms with Gasteiger partial charge < -0.3 is 10.0 Å². The Labute approximate surface area is 141 Å². The van der Waals surface area contributed by atoms with Crippen LogP contribution in [0.5, 0.6) is 0 Å². The predicted molar refractivity (Wildman–Crippen MR) is 92.7 cm³/mol. The first-order chi connectivity index (χ1) is 11.6. The standard InChI is InChI=1S/C20H22FNO2/c1-14(16-6-2-4-8-18(16)21)20(24)22-12-10-15(11-13-23)17-7-3-5-9-19(17)22/h2-9,14-15,23H,10-13H2,1H3. The zero-order valence-corrected chi connectivity index (χ0v) is 13.8. The fourth-order valence-electron chi connectivity index (χ4n) is 3.52. The van der Waals surface area contributed by atoms with Crippen LogP contribution in [0.2, 0.25) is 0 Å². The minimum atomic E-state index is -0.534. The van der Waals surface area contributed by atoms with E-state index < -0.39 is 5.92 Å². The van der Waals surface area contributed by atoms with Crippen molar-refractivity contribution < 1.29 is 14.3 Å². The molecule has 1 heterocycles. The van der Waals surface area contributed by atoms with Gasteiger partial charge in [-0.25, -0.2) is 4.39 Å². The predicted octanol–water partition coefficient (Wildman–Crippen LogP) is 3.83. The lowest BCUT2D eigenvalue weighted by Crippen LogP contribution is -2.39. The number of halogens is 1. The van der Waals surface area contributed by atoms with Crippen LogP contribution in [-0.2, 0) is 4.79 Å². The maximum Gasteiger partial charge on any atom is 0.234 e. The second-order valence-electron chi connectivity index (χ2n) is 6.29. The maximum atomic E-state index is 14.0. The molecule has 3 rings (SSSR count). The second kappa shape index (κ2) is 7.14. The third kappa shape index (κ3) is 3.06. The molecule has 1 aliphatic rings. The summed E-state index contributed by atoms with van der Waals surface area (Å²) in [7, 11) is 0. The van der Waals surface area contributed by atoms with E-state index in [2.05, 4.69) is 0 Å². The number of nitrogens with zero attached hydrogens (tertiary/aromatic N) is 1. The number of para-hydroxylation sites is 1. The van der Waals surface area contributed by atoms with Gasteiger partial charge in [0.15, 0.2) is 0 Å². The molecule has 0 saturated heterocycles. The Morgan fingerprint density at radius 3 is 2.71 bits per heavy atom. The first-order valence-corrected chi connectivity index (χ1v) is 8.39. The minimum absolute atomic E-state index is 0.0880. The molecular weight excluding hydrogens is 305 g/mol. The SMILES string of the molecule is CC(C(=O)N1CCC(CCO)c2ccccc21)c1ccccc1F. The number of anilines is 1. The highest BCUT2D eigenvalue weighted by molar-refractivity contribution is 5.99. The number of rotatable bonds is 4. The van der Waals surface area contributed by atoms with Crippen LogP contribution in [0.1, 0.15) is 42.7 Å². The summed E-state index contributed by atoms with van der Waals surface area (Å²) in [5.41, 5.74) is 2.40. The van der Waals surface area contributed by atoms with Gasteiger partial charge in [-0.2, -0.15) is 0 Å². The van der Waals surface area contributed by atoms with Crippen LogP contribution in [-0.4, -0.2) is 24.2 Å². The minimum Gasteiger partial charge on any atom is -0.396 e. The van der Waals surface area contributed by atoms with E-state index >= 15 is 0 Å². The van der Waals surface area contributed by atoms with Gasteiger partial charge >= 0.3 is 0 Å². The van der Waals surface area contributed by atoms with Gasteiger partial charge in [-0.05, 0) is 48.9 Å². The summed E-state index contributed by atoms with van der Waals surface area (Å²) in [5, 5.41) is 9.26. The molecule has 2 aromatic carbocycles. The molecule has 2 unspecified atom stereocenters. The number of carbonyl (C=O) groups excluding carboxylic acids is 1. The van der Waals surface area contributed by atoms with Crippen molar-refractivity contribution in [1.29, 1.82) is 0 Å². The van der Waals surface area contributed by atoms with Gasteiger partial charge in [0.1, 0.15) is 5.82 Å². The summed E-state index contributed by atoms with van der Waals surface area (Å²) in [6.45, 7) is 2.49. The highest BCUT2D eigenvalue weighted by atomic mass is 19.1. The van der Waals surface area contributed by atoms with E-state index in [0.717, 1.165) is 17.7 Å². The van der Waals surface area contributed by atoms with Gasteiger partial charge in [0.25, 0.3) is 0 Å². The summed E-state index contributed by atoms with van der Waals surface area (Å²) in [5.74, 6) is -0.704. The molecule has 24 heavy (non-hydrogen) atoms.